The first-order valence-corrected chi connectivity index (χ1v) is 5.51. The van der Waals surface area contributed by atoms with E-state index in [4.69, 9.17) is 10.5 Å². The van der Waals surface area contributed by atoms with Crippen molar-refractivity contribution in [3.05, 3.63) is 16.8 Å². The number of nitrogens with zero attached hydrogens (tertiary/aromatic N) is 1. The largest absolute Gasteiger partial charge is 0.478 e. The smallest absolute Gasteiger partial charge is 0.339 e. The minimum atomic E-state index is -1.03. The van der Waals surface area contributed by atoms with Crippen LogP contribution in [0.4, 0.5) is 5.69 Å². The van der Waals surface area contributed by atoms with Crippen molar-refractivity contribution in [2.24, 2.45) is 0 Å². The predicted octanol–water partition coefficient (Wildman–Crippen LogP) is 1.59. The second kappa shape index (κ2) is 3.61. The minimum absolute atomic E-state index is 0.113. The maximum Gasteiger partial charge on any atom is 0.339 e. The van der Waals surface area contributed by atoms with Crippen LogP contribution in [-0.4, -0.2) is 22.7 Å². The van der Waals surface area contributed by atoms with Crippen LogP contribution in [0.5, 0.6) is 5.88 Å². The highest BCUT2D eigenvalue weighted by atomic mass is 16.5. The number of fused-ring (bicyclic) bond motifs is 1. The van der Waals surface area contributed by atoms with Gasteiger partial charge in [-0.1, -0.05) is 20.8 Å². The van der Waals surface area contributed by atoms with Crippen molar-refractivity contribution in [1.82, 2.24) is 4.98 Å². The van der Waals surface area contributed by atoms with Crippen LogP contribution in [0.25, 0.3) is 0 Å². The molecule has 1 aromatic heterocycles. The normalized spacial score (nSPS) is 14.3. The zero-order chi connectivity index (χ0) is 12.8. The van der Waals surface area contributed by atoms with Gasteiger partial charge in [0.1, 0.15) is 5.56 Å². The van der Waals surface area contributed by atoms with Crippen molar-refractivity contribution in [2.75, 3.05) is 12.3 Å². The molecule has 0 radical (unpaired) electrons. The lowest BCUT2D eigenvalue weighted by atomic mass is 9.87. The maximum atomic E-state index is 11.3. The molecule has 0 aliphatic carbocycles. The van der Waals surface area contributed by atoms with Crippen LogP contribution in [0, 0.1) is 0 Å². The highest BCUT2D eigenvalue weighted by Crippen LogP contribution is 2.36. The molecule has 0 bridgehead atoms. The first-order valence-electron chi connectivity index (χ1n) is 5.51. The lowest BCUT2D eigenvalue weighted by molar-refractivity contribution is 0.0694. The van der Waals surface area contributed by atoms with Crippen LogP contribution in [0.1, 0.15) is 42.4 Å². The van der Waals surface area contributed by atoms with Crippen LogP contribution in [0.15, 0.2) is 0 Å². The molecule has 0 unspecified atom stereocenters. The lowest BCUT2D eigenvalue weighted by Gasteiger charge is -2.22. The Morgan fingerprint density at radius 2 is 2.12 bits per heavy atom. The van der Waals surface area contributed by atoms with Crippen molar-refractivity contribution < 1.29 is 14.6 Å². The number of pyridine rings is 1. The number of ether oxygens (including phenoxy) is 1. The van der Waals surface area contributed by atoms with Gasteiger partial charge >= 0.3 is 5.97 Å². The van der Waals surface area contributed by atoms with Gasteiger partial charge in [0.2, 0.25) is 5.88 Å². The first-order chi connectivity index (χ1) is 7.82. The SMILES string of the molecule is CC(C)(C)c1nc2c(c(N)c1C(=O)O)CCO2. The number of carbonyl (C=O) groups is 1. The molecule has 0 amide bonds. The number of hydrogen-bond donors (Lipinski definition) is 2. The molecule has 1 aromatic rings. The number of carboxylic acids is 1. The number of anilines is 1. The summed E-state index contributed by atoms with van der Waals surface area (Å²) in [4.78, 5) is 15.7. The zero-order valence-electron chi connectivity index (χ0n) is 10.2. The summed E-state index contributed by atoms with van der Waals surface area (Å²) in [5.41, 5.74) is 7.15. The molecule has 17 heavy (non-hydrogen) atoms. The molecular formula is C12H16N2O3. The van der Waals surface area contributed by atoms with E-state index in [-0.39, 0.29) is 11.0 Å². The van der Waals surface area contributed by atoms with Crippen molar-refractivity contribution in [3.63, 3.8) is 0 Å². The van der Waals surface area contributed by atoms with Gasteiger partial charge in [-0.05, 0) is 0 Å². The Bertz CT molecular complexity index is 490. The fourth-order valence-corrected chi connectivity index (χ4v) is 1.99. The van der Waals surface area contributed by atoms with E-state index in [1.807, 2.05) is 20.8 Å². The van der Waals surface area contributed by atoms with Crippen molar-refractivity contribution in [1.29, 1.82) is 0 Å². The Hall–Kier alpha value is -1.78. The van der Waals surface area contributed by atoms with E-state index in [0.717, 1.165) is 5.56 Å². The summed E-state index contributed by atoms with van der Waals surface area (Å²) in [6, 6.07) is 0. The summed E-state index contributed by atoms with van der Waals surface area (Å²) in [6.07, 6.45) is 0.624. The number of aromatic carboxylic acids is 1. The summed E-state index contributed by atoms with van der Waals surface area (Å²) in [7, 11) is 0. The fraction of sp³-hybridized carbons (Fsp3) is 0.500. The van der Waals surface area contributed by atoms with E-state index < -0.39 is 5.97 Å². The van der Waals surface area contributed by atoms with Gasteiger partial charge in [0.25, 0.3) is 0 Å². The average Bonchev–Trinajstić information content (AvgIpc) is 2.63. The van der Waals surface area contributed by atoms with Crippen LogP contribution in [0.2, 0.25) is 0 Å². The summed E-state index contributed by atoms with van der Waals surface area (Å²) < 4.78 is 5.37. The third kappa shape index (κ3) is 1.81. The molecule has 0 aromatic carbocycles. The highest BCUT2D eigenvalue weighted by molar-refractivity contribution is 5.96. The van der Waals surface area contributed by atoms with Crippen LogP contribution >= 0.6 is 0 Å². The van der Waals surface area contributed by atoms with E-state index in [2.05, 4.69) is 4.98 Å². The molecule has 0 saturated carbocycles. The number of nitrogens with two attached hydrogens (primary N) is 1. The number of hydrogen-bond acceptors (Lipinski definition) is 4. The van der Waals surface area contributed by atoms with Crippen molar-refractivity contribution >= 4 is 11.7 Å². The van der Waals surface area contributed by atoms with Gasteiger partial charge in [-0.3, -0.25) is 0 Å². The molecule has 0 atom stereocenters. The highest BCUT2D eigenvalue weighted by Gasteiger charge is 2.31. The van der Waals surface area contributed by atoms with E-state index in [0.29, 0.717) is 30.3 Å². The van der Waals surface area contributed by atoms with E-state index in [1.54, 1.807) is 0 Å². The Balaban J connectivity index is 2.75. The fourth-order valence-electron chi connectivity index (χ4n) is 1.99. The van der Waals surface area contributed by atoms with Crippen LogP contribution in [-0.2, 0) is 11.8 Å². The quantitative estimate of drug-likeness (QED) is 0.773. The molecule has 5 heteroatoms. The Labute approximate surface area is 99.6 Å². The molecule has 2 rings (SSSR count). The minimum Gasteiger partial charge on any atom is -0.478 e. The number of aromatic nitrogens is 1. The molecule has 2 heterocycles. The summed E-state index contributed by atoms with van der Waals surface area (Å²) in [5.74, 6) is -0.549. The molecular weight excluding hydrogens is 220 g/mol. The number of carboxylic acid groups (broad SMARTS) is 1. The second-order valence-corrected chi connectivity index (χ2v) is 5.19. The summed E-state index contributed by atoms with van der Waals surface area (Å²) in [5, 5.41) is 9.28. The van der Waals surface area contributed by atoms with Crippen LogP contribution in [0.3, 0.4) is 0 Å². The average molecular weight is 236 g/mol. The Morgan fingerprint density at radius 3 is 2.65 bits per heavy atom. The molecule has 0 fully saturated rings. The van der Waals surface area contributed by atoms with Gasteiger partial charge in [0.15, 0.2) is 0 Å². The molecule has 1 aliphatic rings. The lowest BCUT2D eigenvalue weighted by Crippen LogP contribution is -2.21. The molecule has 0 spiro atoms. The molecule has 1 aliphatic heterocycles. The summed E-state index contributed by atoms with van der Waals surface area (Å²) in [6.45, 7) is 6.23. The van der Waals surface area contributed by atoms with Crippen molar-refractivity contribution in [3.8, 4) is 5.88 Å². The topological polar surface area (TPSA) is 85.4 Å². The van der Waals surface area contributed by atoms with Gasteiger partial charge in [0, 0.05) is 17.4 Å². The zero-order valence-corrected chi connectivity index (χ0v) is 10.2. The third-order valence-electron chi connectivity index (χ3n) is 2.82. The Kier molecular flexibility index (Phi) is 2.49. The molecule has 5 nitrogen and oxygen atoms in total. The maximum absolute atomic E-state index is 11.3. The number of nitrogen functional groups attached to an aromatic ring is 1. The van der Waals surface area contributed by atoms with E-state index in [1.165, 1.54) is 0 Å². The molecule has 3 N–H and O–H groups in total. The van der Waals surface area contributed by atoms with Crippen LogP contribution < -0.4 is 10.5 Å². The van der Waals surface area contributed by atoms with Gasteiger partial charge in [-0.2, -0.15) is 0 Å². The van der Waals surface area contributed by atoms with E-state index in [9.17, 15) is 9.90 Å². The standard InChI is InChI=1S/C12H16N2O3/c1-12(2,3)9-7(11(15)16)8(13)6-4-5-17-10(6)14-9/h4-5H2,1-3H3,(H2,13,14)(H,15,16). The monoisotopic (exact) mass is 236 g/mol. The van der Waals surface area contributed by atoms with Crippen molar-refractivity contribution in [2.45, 2.75) is 32.6 Å². The van der Waals surface area contributed by atoms with E-state index >= 15 is 0 Å². The summed E-state index contributed by atoms with van der Waals surface area (Å²) >= 11 is 0. The van der Waals surface area contributed by atoms with Gasteiger partial charge < -0.3 is 15.6 Å². The number of rotatable bonds is 1. The second-order valence-electron chi connectivity index (χ2n) is 5.19. The molecule has 0 saturated heterocycles. The molecule has 92 valence electrons. The Morgan fingerprint density at radius 1 is 1.47 bits per heavy atom. The first kappa shape index (κ1) is 11.7. The van der Waals surface area contributed by atoms with Gasteiger partial charge in [0.05, 0.1) is 18.0 Å². The predicted molar refractivity (Wildman–Crippen MR) is 63.5 cm³/mol. The third-order valence-corrected chi connectivity index (χ3v) is 2.82. The van der Waals surface area contributed by atoms with Gasteiger partial charge in [-0.25, -0.2) is 9.78 Å². The van der Waals surface area contributed by atoms with Gasteiger partial charge in [-0.15, -0.1) is 0 Å².